The van der Waals surface area contributed by atoms with Crippen LogP contribution in [0.3, 0.4) is 0 Å². The van der Waals surface area contributed by atoms with Gasteiger partial charge < -0.3 is 5.73 Å². The Kier molecular flexibility index (Phi) is 3.81. The maximum atomic E-state index is 13.3. The fraction of sp³-hybridized carbons (Fsp3) is 0.500. The first-order chi connectivity index (χ1) is 7.59. The molecule has 0 fully saturated rings. The molecule has 96 valence electrons. The van der Waals surface area contributed by atoms with Crippen LogP contribution in [0.5, 0.6) is 0 Å². The van der Waals surface area contributed by atoms with Crippen molar-refractivity contribution in [3.63, 3.8) is 0 Å². The van der Waals surface area contributed by atoms with Gasteiger partial charge in [0.15, 0.2) is 0 Å². The normalized spacial score (nSPS) is 12.9. The topological polar surface area (TPSA) is 26.0 Å². The van der Waals surface area contributed by atoms with Crippen molar-refractivity contribution in [2.75, 3.05) is 0 Å². The van der Waals surface area contributed by atoms with Gasteiger partial charge in [-0.05, 0) is 50.5 Å². The molecule has 0 amide bonds. The average molecular weight is 249 g/mol. The van der Waals surface area contributed by atoms with E-state index in [-0.39, 0.29) is 12.0 Å². The highest BCUT2D eigenvalue weighted by molar-refractivity contribution is 5.27. The summed E-state index contributed by atoms with van der Waals surface area (Å²) in [5, 5.41) is 0. The fourth-order valence-corrected chi connectivity index (χ4v) is 1.40. The zero-order chi connectivity index (χ0) is 13.3. The summed E-state index contributed by atoms with van der Waals surface area (Å²) in [4.78, 5) is 0. The summed E-state index contributed by atoms with van der Waals surface area (Å²) in [6, 6.07) is 2.44. The number of benzene rings is 1. The molecular weight excluding hydrogens is 234 g/mol. The lowest BCUT2D eigenvalue weighted by molar-refractivity contribution is -0.137. The molecule has 0 saturated carbocycles. The first-order valence-corrected chi connectivity index (χ1v) is 5.24. The minimum absolute atomic E-state index is 0.0540. The zero-order valence-electron chi connectivity index (χ0n) is 9.74. The molecule has 0 unspecified atom stereocenters. The Morgan fingerprint density at radius 2 is 1.76 bits per heavy atom. The highest BCUT2D eigenvalue weighted by atomic mass is 19.4. The second kappa shape index (κ2) is 4.64. The van der Waals surface area contributed by atoms with Gasteiger partial charge in [-0.15, -0.1) is 0 Å². The summed E-state index contributed by atoms with van der Waals surface area (Å²) in [5.41, 5.74) is 4.41. The van der Waals surface area contributed by atoms with Crippen LogP contribution in [0.2, 0.25) is 0 Å². The third-order valence-electron chi connectivity index (χ3n) is 2.41. The third kappa shape index (κ3) is 4.34. The van der Waals surface area contributed by atoms with E-state index < -0.39 is 23.1 Å². The van der Waals surface area contributed by atoms with Gasteiger partial charge >= 0.3 is 6.18 Å². The molecule has 0 radical (unpaired) electrons. The van der Waals surface area contributed by atoms with Gasteiger partial charge in [-0.25, -0.2) is 4.39 Å². The highest BCUT2D eigenvalue weighted by Crippen LogP contribution is 2.30. The molecule has 0 aliphatic rings. The van der Waals surface area contributed by atoms with Crippen LogP contribution in [-0.4, -0.2) is 5.54 Å². The van der Waals surface area contributed by atoms with Crippen LogP contribution in [0.4, 0.5) is 17.6 Å². The average Bonchev–Trinajstić information content (AvgIpc) is 2.13. The van der Waals surface area contributed by atoms with Gasteiger partial charge in [0.2, 0.25) is 0 Å². The molecule has 1 aromatic carbocycles. The molecule has 0 aliphatic carbocycles. The Morgan fingerprint density at radius 3 is 2.24 bits per heavy atom. The maximum Gasteiger partial charge on any atom is 0.416 e. The minimum atomic E-state index is -4.44. The molecule has 0 atom stereocenters. The smallest absolute Gasteiger partial charge is 0.326 e. The van der Waals surface area contributed by atoms with E-state index in [1.54, 1.807) is 13.8 Å². The number of hydrogen-bond acceptors (Lipinski definition) is 1. The molecule has 0 heterocycles. The zero-order valence-corrected chi connectivity index (χ0v) is 9.74. The van der Waals surface area contributed by atoms with E-state index in [0.29, 0.717) is 6.42 Å². The summed E-state index contributed by atoms with van der Waals surface area (Å²) in [6.07, 6.45) is -3.83. The summed E-state index contributed by atoms with van der Waals surface area (Å²) in [5.74, 6) is -0.623. The van der Waals surface area contributed by atoms with Gasteiger partial charge in [-0.1, -0.05) is 0 Å². The predicted octanol–water partition coefficient (Wildman–Crippen LogP) is 3.51. The molecule has 0 spiro atoms. The van der Waals surface area contributed by atoms with E-state index in [4.69, 9.17) is 5.73 Å². The Balaban J connectivity index is 2.92. The van der Waals surface area contributed by atoms with Gasteiger partial charge in [0.05, 0.1) is 5.56 Å². The van der Waals surface area contributed by atoms with Crippen LogP contribution in [0.15, 0.2) is 18.2 Å². The van der Waals surface area contributed by atoms with Crippen LogP contribution in [-0.2, 0) is 12.6 Å². The largest absolute Gasteiger partial charge is 0.416 e. The second-order valence-electron chi connectivity index (χ2n) is 4.79. The molecule has 17 heavy (non-hydrogen) atoms. The van der Waals surface area contributed by atoms with E-state index in [2.05, 4.69) is 0 Å². The Hall–Kier alpha value is -1.10. The van der Waals surface area contributed by atoms with Gasteiger partial charge in [-0.2, -0.15) is 13.2 Å². The summed E-state index contributed by atoms with van der Waals surface area (Å²) in [7, 11) is 0. The number of aryl methyl sites for hydroxylation is 1. The second-order valence-corrected chi connectivity index (χ2v) is 4.79. The Bertz CT molecular complexity index is 390. The van der Waals surface area contributed by atoms with Crippen LogP contribution in [0.1, 0.15) is 31.4 Å². The highest BCUT2D eigenvalue weighted by Gasteiger charge is 2.31. The van der Waals surface area contributed by atoms with E-state index >= 15 is 0 Å². The van der Waals surface area contributed by atoms with Crippen molar-refractivity contribution >= 4 is 0 Å². The number of alkyl halides is 3. The number of rotatable bonds is 3. The number of nitrogens with two attached hydrogens (primary N) is 1. The third-order valence-corrected chi connectivity index (χ3v) is 2.41. The molecule has 0 bridgehead atoms. The van der Waals surface area contributed by atoms with Crippen molar-refractivity contribution in [3.05, 3.63) is 35.1 Å². The standard InChI is InChI=1S/C12H15F4N/c1-11(2,17)6-5-8-7-9(12(14,15)16)3-4-10(8)13/h3-4,7H,5-6,17H2,1-2H3. The molecule has 0 aliphatic heterocycles. The van der Waals surface area contributed by atoms with Crippen molar-refractivity contribution in [3.8, 4) is 0 Å². The Morgan fingerprint density at radius 1 is 1.18 bits per heavy atom. The first-order valence-electron chi connectivity index (χ1n) is 5.24. The number of hydrogen-bond donors (Lipinski definition) is 1. The quantitative estimate of drug-likeness (QED) is 0.815. The lowest BCUT2D eigenvalue weighted by Gasteiger charge is -2.18. The SMILES string of the molecule is CC(C)(N)CCc1cc(C(F)(F)F)ccc1F. The van der Waals surface area contributed by atoms with Crippen molar-refractivity contribution in [2.24, 2.45) is 5.73 Å². The Labute approximate surface area is 97.6 Å². The molecule has 1 aromatic rings. The molecule has 2 N–H and O–H groups in total. The van der Waals surface area contributed by atoms with Crippen LogP contribution < -0.4 is 5.73 Å². The fourth-order valence-electron chi connectivity index (χ4n) is 1.40. The van der Waals surface area contributed by atoms with Gasteiger partial charge in [-0.3, -0.25) is 0 Å². The van der Waals surface area contributed by atoms with Gasteiger partial charge in [0.1, 0.15) is 5.82 Å². The maximum absolute atomic E-state index is 13.3. The first kappa shape index (κ1) is 14.0. The van der Waals surface area contributed by atoms with Gasteiger partial charge in [0.25, 0.3) is 0 Å². The van der Waals surface area contributed by atoms with E-state index in [1.165, 1.54) is 0 Å². The monoisotopic (exact) mass is 249 g/mol. The van der Waals surface area contributed by atoms with Crippen LogP contribution in [0, 0.1) is 5.82 Å². The van der Waals surface area contributed by atoms with Crippen molar-refractivity contribution < 1.29 is 17.6 Å². The van der Waals surface area contributed by atoms with Crippen molar-refractivity contribution in [1.29, 1.82) is 0 Å². The molecule has 0 saturated heterocycles. The van der Waals surface area contributed by atoms with Crippen LogP contribution >= 0.6 is 0 Å². The summed E-state index contributed by atoms with van der Waals surface area (Å²) < 4.78 is 50.6. The summed E-state index contributed by atoms with van der Waals surface area (Å²) >= 11 is 0. The minimum Gasteiger partial charge on any atom is -0.326 e. The molecule has 1 nitrogen and oxygen atoms in total. The molecule has 0 aromatic heterocycles. The predicted molar refractivity (Wildman–Crippen MR) is 58.0 cm³/mol. The molecule has 1 rings (SSSR count). The lowest BCUT2D eigenvalue weighted by Crippen LogP contribution is -2.32. The van der Waals surface area contributed by atoms with Gasteiger partial charge in [0, 0.05) is 5.54 Å². The van der Waals surface area contributed by atoms with Crippen LogP contribution in [0.25, 0.3) is 0 Å². The number of halogens is 4. The van der Waals surface area contributed by atoms with E-state index in [1.807, 2.05) is 0 Å². The van der Waals surface area contributed by atoms with Crippen molar-refractivity contribution in [1.82, 2.24) is 0 Å². The van der Waals surface area contributed by atoms with E-state index in [9.17, 15) is 17.6 Å². The molecular formula is C12H15F4N. The summed E-state index contributed by atoms with van der Waals surface area (Å²) in [6.45, 7) is 3.50. The lowest BCUT2D eigenvalue weighted by atomic mass is 9.95. The van der Waals surface area contributed by atoms with Crippen molar-refractivity contribution in [2.45, 2.75) is 38.4 Å². The van der Waals surface area contributed by atoms with E-state index in [0.717, 1.165) is 18.2 Å². The molecule has 5 heteroatoms.